The first-order valence-electron chi connectivity index (χ1n) is 7.58. The highest BCUT2D eigenvalue weighted by Crippen LogP contribution is 2.24. The number of aryl methyl sites for hydroxylation is 1. The van der Waals surface area contributed by atoms with E-state index in [2.05, 4.69) is 15.2 Å². The minimum atomic E-state index is 0.0437. The van der Waals surface area contributed by atoms with Gasteiger partial charge in [-0.2, -0.15) is 5.10 Å². The third-order valence-corrected chi connectivity index (χ3v) is 4.25. The summed E-state index contributed by atoms with van der Waals surface area (Å²) in [7, 11) is 0. The predicted octanol–water partition coefficient (Wildman–Crippen LogP) is 0.442. The Labute approximate surface area is 123 Å². The first kappa shape index (κ1) is 14.0. The number of H-pyrrole nitrogens is 1. The summed E-state index contributed by atoms with van der Waals surface area (Å²) in [6, 6.07) is 0. The Morgan fingerprint density at radius 3 is 2.90 bits per heavy atom. The summed E-state index contributed by atoms with van der Waals surface area (Å²) < 4.78 is 0. The summed E-state index contributed by atoms with van der Waals surface area (Å²) in [5.74, 6) is 1.93. The molecule has 1 N–H and O–H groups in total. The number of hydrogen-bond donors (Lipinski definition) is 1. The molecular weight excluding hydrogens is 270 g/mol. The van der Waals surface area contributed by atoms with Crippen LogP contribution >= 0.6 is 0 Å². The summed E-state index contributed by atoms with van der Waals surface area (Å²) >= 11 is 0. The number of rotatable bonds is 3. The summed E-state index contributed by atoms with van der Waals surface area (Å²) in [6.45, 7) is 4.22. The minimum absolute atomic E-state index is 0.0437. The molecule has 0 aliphatic carbocycles. The second-order valence-corrected chi connectivity index (χ2v) is 5.88. The van der Waals surface area contributed by atoms with Crippen molar-refractivity contribution in [1.29, 1.82) is 0 Å². The van der Waals surface area contributed by atoms with Crippen molar-refractivity contribution in [2.75, 3.05) is 26.2 Å². The highest BCUT2D eigenvalue weighted by atomic mass is 16.2. The smallest absolute Gasteiger partial charge is 0.242 e. The highest BCUT2D eigenvalue weighted by Gasteiger charge is 2.29. The molecule has 7 heteroatoms. The molecule has 0 unspecified atom stereocenters. The first-order valence-corrected chi connectivity index (χ1v) is 7.58. The van der Waals surface area contributed by atoms with Crippen molar-refractivity contribution < 1.29 is 9.59 Å². The topological polar surface area (TPSA) is 82.2 Å². The zero-order valence-corrected chi connectivity index (χ0v) is 12.3. The number of carbonyl (C=O) groups excluding carboxylic acids is 2. The molecule has 0 spiro atoms. The molecule has 0 aromatic carbocycles. The van der Waals surface area contributed by atoms with Gasteiger partial charge in [0, 0.05) is 32.0 Å². The SMILES string of the molecule is Cc1nc([C@@H]2CCCN(C(=O)CN3CCCC3=O)C2)n[nH]1. The zero-order valence-electron chi connectivity index (χ0n) is 12.3. The highest BCUT2D eigenvalue weighted by molar-refractivity contribution is 5.86. The second kappa shape index (κ2) is 5.83. The molecule has 0 radical (unpaired) electrons. The van der Waals surface area contributed by atoms with Crippen LogP contribution in [-0.2, 0) is 9.59 Å². The largest absolute Gasteiger partial charge is 0.340 e. The fourth-order valence-corrected chi connectivity index (χ4v) is 3.09. The average molecular weight is 291 g/mol. The molecule has 1 aromatic heterocycles. The number of nitrogens with one attached hydrogen (secondary N) is 1. The number of carbonyl (C=O) groups is 2. The van der Waals surface area contributed by atoms with Crippen LogP contribution < -0.4 is 0 Å². The van der Waals surface area contributed by atoms with Crippen LogP contribution in [0.3, 0.4) is 0 Å². The third-order valence-electron chi connectivity index (χ3n) is 4.25. The Morgan fingerprint density at radius 1 is 1.38 bits per heavy atom. The van der Waals surface area contributed by atoms with Crippen LogP contribution in [0.25, 0.3) is 0 Å². The minimum Gasteiger partial charge on any atom is -0.340 e. The van der Waals surface area contributed by atoms with Gasteiger partial charge in [0.1, 0.15) is 5.82 Å². The van der Waals surface area contributed by atoms with E-state index in [4.69, 9.17) is 0 Å². The molecule has 2 amide bonds. The number of likely N-dealkylation sites (tertiary alicyclic amines) is 2. The Balaban J connectivity index is 1.60. The van der Waals surface area contributed by atoms with E-state index in [-0.39, 0.29) is 24.3 Å². The van der Waals surface area contributed by atoms with Gasteiger partial charge in [-0.25, -0.2) is 4.98 Å². The third kappa shape index (κ3) is 3.06. The van der Waals surface area contributed by atoms with Crippen LogP contribution in [0.1, 0.15) is 43.3 Å². The second-order valence-electron chi connectivity index (χ2n) is 5.88. The lowest BCUT2D eigenvalue weighted by Crippen LogP contribution is -2.45. The van der Waals surface area contributed by atoms with Crippen molar-refractivity contribution in [3.8, 4) is 0 Å². The van der Waals surface area contributed by atoms with Crippen LogP contribution in [0, 0.1) is 6.92 Å². The van der Waals surface area contributed by atoms with E-state index in [0.717, 1.165) is 37.5 Å². The first-order chi connectivity index (χ1) is 10.1. The number of hydrogen-bond acceptors (Lipinski definition) is 4. The lowest BCUT2D eigenvalue weighted by Gasteiger charge is -2.32. The maximum absolute atomic E-state index is 12.4. The van der Waals surface area contributed by atoms with Crippen molar-refractivity contribution in [3.05, 3.63) is 11.6 Å². The van der Waals surface area contributed by atoms with Crippen LogP contribution in [0.15, 0.2) is 0 Å². The van der Waals surface area contributed by atoms with Crippen molar-refractivity contribution in [2.24, 2.45) is 0 Å². The molecule has 2 saturated heterocycles. The number of amides is 2. The van der Waals surface area contributed by atoms with E-state index in [1.54, 1.807) is 4.90 Å². The van der Waals surface area contributed by atoms with Gasteiger partial charge < -0.3 is 9.80 Å². The van der Waals surface area contributed by atoms with E-state index in [1.165, 1.54) is 0 Å². The van der Waals surface area contributed by atoms with Gasteiger partial charge in [0.05, 0.1) is 6.54 Å². The molecule has 0 saturated carbocycles. The van der Waals surface area contributed by atoms with Crippen molar-refractivity contribution >= 4 is 11.8 Å². The molecule has 114 valence electrons. The molecule has 2 aliphatic rings. The molecule has 1 aromatic rings. The molecule has 7 nitrogen and oxygen atoms in total. The van der Waals surface area contributed by atoms with Crippen LogP contribution in [-0.4, -0.2) is 63.0 Å². The maximum atomic E-state index is 12.4. The Bertz CT molecular complexity index is 541. The van der Waals surface area contributed by atoms with E-state index in [0.29, 0.717) is 19.5 Å². The molecule has 1 atom stereocenters. The molecular formula is C14H21N5O2. The summed E-state index contributed by atoms with van der Waals surface area (Å²) in [6.07, 6.45) is 3.40. The van der Waals surface area contributed by atoms with Crippen LogP contribution in [0.4, 0.5) is 0 Å². The Kier molecular flexibility index (Phi) is 3.90. The lowest BCUT2D eigenvalue weighted by molar-refractivity contribution is -0.139. The van der Waals surface area contributed by atoms with Gasteiger partial charge in [0.25, 0.3) is 0 Å². The quantitative estimate of drug-likeness (QED) is 0.876. The van der Waals surface area contributed by atoms with Gasteiger partial charge in [0.2, 0.25) is 11.8 Å². The fraction of sp³-hybridized carbons (Fsp3) is 0.714. The van der Waals surface area contributed by atoms with Gasteiger partial charge in [0.15, 0.2) is 5.82 Å². The van der Waals surface area contributed by atoms with Gasteiger partial charge in [-0.1, -0.05) is 0 Å². The van der Waals surface area contributed by atoms with Gasteiger partial charge in [-0.05, 0) is 26.2 Å². The lowest BCUT2D eigenvalue weighted by atomic mass is 9.97. The van der Waals surface area contributed by atoms with E-state index < -0.39 is 0 Å². The monoisotopic (exact) mass is 291 g/mol. The van der Waals surface area contributed by atoms with Crippen molar-refractivity contribution in [3.63, 3.8) is 0 Å². The summed E-state index contributed by atoms with van der Waals surface area (Å²) in [5.41, 5.74) is 0. The van der Waals surface area contributed by atoms with Crippen LogP contribution in [0.5, 0.6) is 0 Å². The normalized spacial score (nSPS) is 22.9. The van der Waals surface area contributed by atoms with Gasteiger partial charge >= 0.3 is 0 Å². The Hall–Kier alpha value is -1.92. The zero-order chi connectivity index (χ0) is 14.8. The molecule has 2 fully saturated rings. The molecule has 2 aliphatic heterocycles. The van der Waals surface area contributed by atoms with Gasteiger partial charge in [-0.3, -0.25) is 14.7 Å². The van der Waals surface area contributed by atoms with E-state index in [1.807, 2.05) is 11.8 Å². The van der Waals surface area contributed by atoms with Crippen molar-refractivity contribution in [2.45, 2.75) is 38.5 Å². The number of aromatic amines is 1. The number of nitrogens with zero attached hydrogens (tertiary/aromatic N) is 4. The Morgan fingerprint density at radius 2 is 2.24 bits per heavy atom. The maximum Gasteiger partial charge on any atom is 0.242 e. The fourth-order valence-electron chi connectivity index (χ4n) is 3.09. The van der Waals surface area contributed by atoms with Crippen molar-refractivity contribution in [1.82, 2.24) is 25.0 Å². The molecule has 3 heterocycles. The van der Waals surface area contributed by atoms with Gasteiger partial charge in [-0.15, -0.1) is 0 Å². The standard InChI is InChI=1S/C14H21N5O2/c1-10-15-14(17-16-10)11-4-2-6-18(8-11)13(21)9-19-7-3-5-12(19)20/h11H,2-9H2,1H3,(H,15,16,17)/t11-/m1/s1. The van der Waals surface area contributed by atoms with Crippen LogP contribution in [0.2, 0.25) is 0 Å². The summed E-state index contributed by atoms with van der Waals surface area (Å²) in [4.78, 5) is 31.9. The molecule has 0 bridgehead atoms. The van der Waals surface area contributed by atoms with E-state index in [9.17, 15) is 9.59 Å². The number of aromatic nitrogens is 3. The van der Waals surface area contributed by atoms with E-state index >= 15 is 0 Å². The predicted molar refractivity (Wildman–Crippen MR) is 75.5 cm³/mol. The molecule has 3 rings (SSSR count). The average Bonchev–Trinajstić information content (AvgIpc) is 3.08. The molecule has 21 heavy (non-hydrogen) atoms. The summed E-state index contributed by atoms with van der Waals surface area (Å²) in [5, 5.41) is 7.07. The number of piperidine rings is 1.